The average molecular weight is 189 g/mol. The molecule has 0 aromatic heterocycles. The van der Waals surface area contributed by atoms with Crippen LogP contribution < -0.4 is 0 Å². The van der Waals surface area contributed by atoms with E-state index in [9.17, 15) is 13.2 Å². The van der Waals surface area contributed by atoms with Crippen LogP contribution in [-0.2, 0) is 6.18 Å². The van der Waals surface area contributed by atoms with Gasteiger partial charge in [-0.1, -0.05) is 18.2 Å². The van der Waals surface area contributed by atoms with E-state index in [1.165, 1.54) is 25.1 Å². The van der Waals surface area contributed by atoms with Gasteiger partial charge in [0.1, 0.15) is 6.61 Å². The molecule has 1 N–H and O–H groups in total. The smallest absolute Gasteiger partial charge is 0.385 e. The number of aryl methyl sites for hydroxylation is 1. The summed E-state index contributed by atoms with van der Waals surface area (Å²) in [6.07, 6.45) is -4.42. The van der Waals surface area contributed by atoms with Gasteiger partial charge >= 0.3 is 6.18 Å². The number of rotatable bonds is 1. The topological polar surface area (TPSA) is 20.2 Å². The summed E-state index contributed by atoms with van der Waals surface area (Å²) in [4.78, 5) is 0. The van der Waals surface area contributed by atoms with Gasteiger partial charge in [-0.25, -0.2) is 0 Å². The van der Waals surface area contributed by atoms with E-state index in [-0.39, 0.29) is 11.1 Å². The van der Waals surface area contributed by atoms with E-state index in [0.717, 1.165) is 0 Å². The van der Waals surface area contributed by atoms with Crippen molar-refractivity contribution < 1.29 is 18.3 Å². The predicted octanol–water partition coefficient (Wildman–Crippen LogP) is 2.90. The predicted molar refractivity (Wildman–Crippen MR) is 41.5 cm³/mol. The third-order valence-corrected chi connectivity index (χ3v) is 1.73. The lowest BCUT2D eigenvalue weighted by atomic mass is 10.0. The highest BCUT2D eigenvalue weighted by molar-refractivity contribution is 5.39. The first kappa shape index (κ1) is 10.1. The Labute approximate surface area is 73.8 Å². The lowest BCUT2D eigenvalue weighted by Crippen LogP contribution is -2.10. The van der Waals surface area contributed by atoms with Crippen molar-refractivity contribution in [3.05, 3.63) is 41.5 Å². The zero-order chi connectivity index (χ0) is 10.1. The number of hydrogen-bond acceptors (Lipinski definition) is 1. The van der Waals surface area contributed by atoms with Crippen molar-refractivity contribution in [3.8, 4) is 0 Å². The molecule has 0 fully saturated rings. The highest BCUT2D eigenvalue weighted by Gasteiger charge is 2.34. The van der Waals surface area contributed by atoms with E-state index in [1.54, 1.807) is 0 Å². The molecule has 0 aliphatic carbocycles. The Kier molecular flexibility index (Phi) is 2.61. The molecule has 0 bridgehead atoms. The van der Waals surface area contributed by atoms with E-state index in [4.69, 9.17) is 5.11 Å². The third-order valence-electron chi connectivity index (χ3n) is 1.73. The summed E-state index contributed by atoms with van der Waals surface area (Å²) < 4.78 is 37.1. The monoisotopic (exact) mass is 189 g/mol. The van der Waals surface area contributed by atoms with Gasteiger partial charge in [0.05, 0.1) is 5.56 Å². The molecular weight excluding hydrogens is 181 g/mol. The highest BCUT2D eigenvalue weighted by atomic mass is 19.4. The van der Waals surface area contributed by atoms with Gasteiger partial charge in [0.2, 0.25) is 0 Å². The van der Waals surface area contributed by atoms with Gasteiger partial charge in [-0.2, -0.15) is 13.2 Å². The molecule has 13 heavy (non-hydrogen) atoms. The second kappa shape index (κ2) is 3.38. The fourth-order valence-electron chi connectivity index (χ4n) is 1.19. The van der Waals surface area contributed by atoms with Crippen LogP contribution in [0.15, 0.2) is 18.2 Å². The van der Waals surface area contributed by atoms with Crippen LogP contribution in [0.4, 0.5) is 13.2 Å². The van der Waals surface area contributed by atoms with E-state index in [0.29, 0.717) is 6.61 Å². The molecule has 0 atom stereocenters. The molecule has 0 saturated heterocycles. The molecule has 1 aromatic rings. The van der Waals surface area contributed by atoms with Crippen LogP contribution in [-0.4, -0.2) is 5.11 Å². The molecule has 0 heterocycles. The van der Waals surface area contributed by atoms with Gasteiger partial charge in [0.25, 0.3) is 0 Å². The summed E-state index contributed by atoms with van der Waals surface area (Å²) in [5.74, 6) is 0. The summed E-state index contributed by atoms with van der Waals surface area (Å²) in [6.45, 7) is 1.83. The maximum Gasteiger partial charge on any atom is 0.417 e. The first-order valence-electron chi connectivity index (χ1n) is 3.61. The van der Waals surface area contributed by atoms with Crippen LogP contribution in [0.5, 0.6) is 0 Å². The van der Waals surface area contributed by atoms with E-state index in [1.807, 2.05) is 0 Å². The zero-order valence-corrected chi connectivity index (χ0v) is 6.89. The molecule has 4 heteroatoms. The van der Waals surface area contributed by atoms with Crippen molar-refractivity contribution in [3.63, 3.8) is 0 Å². The fourth-order valence-corrected chi connectivity index (χ4v) is 1.19. The third kappa shape index (κ3) is 2.01. The van der Waals surface area contributed by atoms with Gasteiger partial charge in [-0.05, 0) is 18.1 Å². The minimum Gasteiger partial charge on any atom is -0.385 e. The van der Waals surface area contributed by atoms with Crippen molar-refractivity contribution in [2.24, 2.45) is 0 Å². The van der Waals surface area contributed by atoms with Crippen molar-refractivity contribution in [2.75, 3.05) is 0 Å². The fraction of sp³-hybridized carbons (Fsp3) is 0.222. The minimum absolute atomic E-state index is 0.107. The number of halogens is 3. The van der Waals surface area contributed by atoms with E-state index in [2.05, 4.69) is 0 Å². The second-order valence-electron chi connectivity index (χ2n) is 2.67. The Morgan fingerprint density at radius 3 is 2.31 bits per heavy atom. The van der Waals surface area contributed by atoms with Crippen LogP contribution in [0, 0.1) is 13.5 Å². The molecule has 0 amide bonds. The first-order chi connectivity index (χ1) is 5.96. The second-order valence-corrected chi connectivity index (χ2v) is 2.67. The number of aliphatic hydroxyl groups is 1. The van der Waals surface area contributed by atoms with Crippen LogP contribution >= 0.6 is 0 Å². The first-order valence-corrected chi connectivity index (χ1v) is 3.61. The zero-order valence-electron chi connectivity index (χ0n) is 6.89. The van der Waals surface area contributed by atoms with Gasteiger partial charge in [-0.3, -0.25) is 0 Å². The van der Waals surface area contributed by atoms with Crippen molar-refractivity contribution in [1.82, 2.24) is 0 Å². The van der Waals surface area contributed by atoms with Crippen LogP contribution in [0.2, 0.25) is 0 Å². The lowest BCUT2D eigenvalue weighted by Gasteiger charge is -2.13. The Morgan fingerprint density at radius 1 is 1.31 bits per heavy atom. The van der Waals surface area contributed by atoms with Crippen molar-refractivity contribution >= 4 is 0 Å². The molecule has 1 nitrogen and oxygen atoms in total. The van der Waals surface area contributed by atoms with Crippen LogP contribution in [0.1, 0.15) is 16.7 Å². The Bertz CT molecular complexity index is 304. The van der Waals surface area contributed by atoms with Gasteiger partial charge < -0.3 is 5.11 Å². The maximum atomic E-state index is 12.4. The Balaban J connectivity index is 3.32. The summed E-state index contributed by atoms with van der Waals surface area (Å²) in [5, 5.41) is 8.58. The number of alkyl halides is 3. The largest absolute Gasteiger partial charge is 0.417 e. The highest BCUT2D eigenvalue weighted by Crippen LogP contribution is 2.34. The van der Waals surface area contributed by atoms with Crippen molar-refractivity contribution in [2.45, 2.75) is 13.1 Å². The van der Waals surface area contributed by atoms with Gasteiger partial charge in [-0.15, -0.1) is 0 Å². The molecule has 71 valence electrons. The molecule has 0 unspecified atom stereocenters. The van der Waals surface area contributed by atoms with Crippen LogP contribution in [0.3, 0.4) is 0 Å². The maximum absolute atomic E-state index is 12.4. The lowest BCUT2D eigenvalue weighted by molar-refractivity contribution is -0.138. The quantitative estimate of drug-likeness (QED) is 0.720. The van der Waals surface area contributed by atoms with Crippen molar-refractivity contribution in [1.29, 1.82) is 0 Å². The molecule has 1 aromatic carbocycles. The normalized spacial score (nSPS) is 11.8. The van der Waals surface area contributed by atoms with Gasteiger partial charge in [0, 0.05) is 0 Å². The molecule has 0 aliphatic heterocycles. The summed E-state index contributed by atoms with van der Waals surface area (Å²) in [5.41, 5.74) is -0.875. The number of benzene rings is 1. The van der Waals surface area contributed by atoms with E-state index >= 15 is 0 Å². The summed E-state index contributed by atoms with van der Waals surface area (Å²) in [7, 11) is 0. The standard InChI is InChI=1S/C9H8F3O/c1-6-3-2-4-7(5-13)8(6)9(10,11)12/h2-5,13H,1H3. The Morgan fingerprint density at radius 2 is 1.92 bits per heavy atom. The SMILES string of the molecule is Cc1cccc([CH]O)c1C(F)(F)F. The Hall–Kier alpha value is -1.03. The molecule has 0 aliphatic rings. The molecule has 1 radical (unpaired) electrons. The molecular formula is C9H8F3O. The summed E-state index contributed by atoms with van der Waals surface area (Å²) >= 11 is 0. The molecule has 0 spiro atoms. The summed E-state index contributed by atoms with van der Waals surface area (Å²) in [6, 6.07) is 4.04. The van der Waals surface area contributed by atoms with Gasteiger partial charge in [0.15, 0.2) is 0 Å². The average Bonchev–Trinajstić information content (AvgIpc) is 2.01. The number of aliphatic hydroxyl groups excluding tert-OH is 1. The van der Waals surface area contributed by atoms with Crippen LogP contribution in [0.25, 0.3) is 0 Å². The van der Waals surface area contributed by atoms with E-state index < -0.39 is 11.7 Å². The molecule has 1 rings (SSSR count). The minimum atomic E-state index is -4.42. The number of hydrogen-bond donors (Lipinski definition) is 1. The molecule has 0 saturated carbocycles.